The number of piperidine rings is 1. The van der Waals surface area contributed by atoms with Gasteiger partial charge in [0.2, 0.25) is 0 Å². The van der Waals surface area contributed by atoms with Crippen LogP contribution in [0.25, 0.3) is 0 Å². The van der Waals surface area contributed by atoms with Crippen LogP contribution in [-0.4, -0.2) is 34.3 Å². The van der Waals surface area contributed by atoms with E-state index < -0.39 is 0 Å². The maximum Gasteiger partial charge on any atom is 0.137 e. The number of β-amino-alcohol motifs (C(OH)–C–C–N with tert-alkyl or cyclic N) is 1. The van der Waals surface area contributed by atoms with Gasteiger partial charge < -0.3 is 15.7 Å². The standard InChI is InChI=1S/C12H20N4O/c1-7-4-5-16(6-10(7)17)12-8(2)11(13)14-9(3)15-12/h7,10,17H,4-6H2,1-3H3,(H2,13,14,15). The van der Waals surface area contributed by atoms with Crippen molar-refractivity contribution in [2.24, 2.45) is 5.92 Å². The first-order valence-corrected chi connectivity index (χ1v) is 6.02. The van der Waals surface area contributed by atoms with Crippen molar-refractivity contribution in [1.29, 1.82) is 0 Å². The van der Waals surface area contributed by atoms with E-state index in [1.165, 1.54) is 0 Å². The number of hydrogen-bond donors (Lipinski definition) is 2. The second-order valence-electron chi connectivity index (χ2n) is 4.88. The summed E-state index contributed by atoms with van der Waals surface area (Å²) in [7, 11) is 0. The summed E-state index contributed by atoms with van der Waals surface area (Å²) in [5.41, 5.74) is 6.75. The van der Waals surface area contributed by atoms with Gasteiger partial charge in [0.15, 0.2) is 0 Å². The summed E-state index contributed by atoms with van der Waals surface area (Å²) in [4.78, 5) is 10.7. The van der Waals surface area contributed by atoms with Crippen LogP contribution >= 0.6 is 0 Å². The molecular weight excluding hydrogens is 216 g/mol. The van der Waals surface area contributed by atoms with Gasteiger partial charge in [0.25, 0.3) is 0 Å². The molecule has 1 aromatic rings. The van der Waals surface area contributed by atoms with E-state index in [1.807, 2.05) is 13.8 Å². The Hall–Kier alpha value is -1.36. The number of hydrogen-bond acceptors (Lipinski definition) is 5. The van der Waals surface area contributed by atoms with Gasteiger partial charge in [-0.3, -0.25) is 0 Å². The largest absolute Gasteiger partial charge is 0.391 e. The lowest BCUT2D eigenvalue weighted by Gasteiger charge is -2.35. The van der Waals surface area contributed by atoms with Gasteiger partial charge in [0, 0.05) is 18.7 Å². The van der Waals surface area contributed by atoms with Gasteiger partial charge in [-0.15, -0.1) is 0 Å². The van der Waals surface area contributed by atoms with Crippen LogP contribution in [0.2, 0.25) is 0 Å². The number of aryl methyl sites for hydroxylation is 1. The molecule has 2 heterocycles. The van der Waals surface area contributed by atoms with E-state index >= 15 is 0 Å². The minimum absolute atomic E-state index is 0.292. The molecule has 17 heavy (non-hydrogen) atoms. The predicted octanol–water partition coefficient (Wildman–Crippen LogP) is 0.883. The zero-order valence-electron chi connectivity index (χ0n) is 10.6. The van der Waals surface area contributed by atoms with Crippen molar-refractivity contribution in [3.63, 3.8) is 0 Å². The molecule has 0 amide bonds. The van der Waals surface area contributed by atoms with Gasteiger partial charge in [0.05, 0.1) is 6.10 Å². The average molecular weight is 236 g/mol. The smallest absolute Gasteiger partial charge is 0.137 e. The minimum atomic E-state index is -0.292. The van der Waals surface area contributed by atoms with Crippen LogP contribution in [0.4, 0.5) is 11.6 Å². The van der Waals surface area contributed by atoms with Crippen LogP contribution in [0.3, 0.4) is 0 Å². The van der Waals surface area contributed by atoms with Gasteiger partial charge in [-0.1, -0.05) is 6.92 Å². The molecule has 2 rings (SSSR count). The van der Waals surface area contributed by atoms with Crippen LogP contribution < -0.4 is 10.6 Å². The molecule has 0 saturated carbocycles. The first kappa shape index (κ1) is 12.1. The number of nitrogens with two attached hydrogens (primary N) is 1. The summed E-state index contributed by atoms with van der Waals surface area (Å²) in [5.74, 6) is 2.42. The summed E-state index contributed by atoms with van der Waals surface area (Å²) in [6, 6.07) is 0. The van der Waals surface area contributed by atoms with Gasteiger partial charge in [-0.05, 0) is 26.2 Å². The number of rotatable bonds is 1. The zero-order chi connectivity index (χ0) is 12.6. The molecule has 94 valence electrons. The quantitative estimate of drug-likeness (QED) is 0.757. The van der Waals surface area contributed by atoms with Crippen molar-refractivity contribution in [1.82, 2.24) is 9.97 Å². The third-order valence-corrected chi connectivity index (χ3v) is 3.49. The molecule has 5 heteroatoms. The summed E-state index contributed by atoms with van der Waals surface area (Å²) >= 11 is 0. The Kier molecular flexibility index (Phi) is 3.19. The van der Waals surface area contributed by atoms with Crippen molar-refractivity contribution in [3.8, 4) is 0 Å². The fraction of sp³-hybridized carbons (Fsp3) is 0.667. The maximum absolute atomic E-state index is 9.92. The lowest BCUT2D eigenvalue weighted by atomic mass is 9.96. The molecule has 2 unspecified atom stereocenters. The predicted molar refractivity (Wildman–Crippen MR) is 67.9 cm³/mol. The van der Waals surface area contributed by atoms with Crippen molar-refractivity contribution in [3.05, 3.63) is 11.4 Å². The zero-order valence-corrected chi connectivity index (χ0v) is 10.6. The summed E-state index contributed by atoms with van der Waals surface area (Å²) in [5, 5.41) is 9.92. The molecule has 1 aliphatic rings. The number of aromatic nitrogens is 2. The molecule has 3 N–H and O–H groups in total. The number of aliphatic hydroxyl groups is 1. The normalized spacial score (nSPS) is 25.1. The second-order valence-corrected chi connectivity index (χ2v) is 4.88. The number of aliphatic hydroxyl groups excluding tert-OH is 1. The fourth-order valence-electron chi connectivity index (χ4n) is 2.18. The monoisotopic (exact) mass is 236 g/mol. The van der Waals surface area contributed by atoms with Crippen LogP contribution in [0.5, 0.6) is 0 Å². The Morgan fingerprint density at radius 2 is 2.06 bits per heavy atom. The summed E-state index contributed by atoms with van der Waals surface area (Å²) < 4.78 is 0. The lowest BCUT2D eigenvalue weighted by Crippen LogP contribution is -2.43. The molecule has 0 aliphatic carbocycles. The molecule has 1 saturated heterocycles. The van der Waals surface area contributed by atoms with Crippen LogP contribution in [0.15, 0.2) is 0 Å². The molecule has 1 fully saturated rings. The SMILES string of the molecule is Cc1nc(N)c(C)c(N2CCC(C)C(O)C2)n1. The van der Waals surface area contributed by atoms with Crippen molar-refractivity contribution in [2.45, 2.75) is 33.3 Å². The molecular formula is C12H20N4O. The van der Waals surface area contributed by atoms with Crippen molar-refractivity contribution < 1.29 is 5.11 Å². The third-order valence-electron chi connectivity index (χ3n) is 3.49. The van der Waals surface area contributed by atoms with Crippen molar-refractivity contribution in [2.75, 3.05) is 23.7 Å². The Morgan fingerprint density at radius 1 is 1.35 bits per heavy atom. The van der Waals surface area contributed by atoms with E-state index in [0.717, 1.165) is 24.3 Å². The number of anilines is 2. The van der Waals surface area contributed by atoms with E-state index in [1.54, 1.807) is 0 Å². The topological polar surface area (TPSA) is 75.3 Å². The van der Waals surface area contributed by atoms with E-state index in [-0.39, 0.29) is 6.10 Å². The van der Waals surface area contributed by atoms with Crippen LogP contribution in [-0.2, 0) is 0 Å². The average Bonchev–Trinajstić information content (AvgIpc) is 2.27. The molecule has 1 aromatic heterocycles. The minimum Gasteiger partial charge on any atom is -0.391 e. The molecule has 0 bridgehead atoms. The number of nitrogen functional groups attached to an aromatic ring is 1. The highest BCUT2D eigenvalue weighted by Crippen LogP contribution is 2.26. The van der Waals surface area contributed by atoms with E-state index in [9.17, 15) is 5.11 Å². The van der Waals surface area contributed by atoms with E-state index in [2.05, 4.69) is 21.8 Å². The molecule has 1 aliphatic heterocycles. The maximum atomic E-state index is 9.92. The third kappa shape index (κ3) is 2.34. The molecule has 0 aromatic carbocycles. The van der Waals surface area contributed by atoms with E-state index in [0.29, 0.717) is 24.1 Å². The van der Waals surface area contributed by atoms with Crippen LogP contribution in [0.1, 0.15) is 24.7 Å². The first-order chi connectivity index (χ1) is 7.99. The number of nitrogens with zero attached hydrogens (tertiary/aromatic N) is 3. The Labute approximate surface area is 102 Å². The summed E-state index contributed by atoms with van der Waals surface area (Å²) in [6.07, 6.45) is 0.684. The Balaban J connectivity index is 2.28. The highest BCUT2D eigenvalue weighted by Gasteiger charge is 2.26. The first-order valence-electron chi connectivity index (χ1n) is 6.02. The molecule has 5 nitrogen and oxygen atoms in total. The highest BCUT2D eigenvalue weighted by atomic mass is 16.3. The van der Waals surface area contributed by atoms with Crippen molar-refractivity contribution >= 4 is 11.6 Å². The van der Waals surface area contributed by atoms with Gasteiger partial charge in [0.1, 0.15) is 17.5 Å². The van der Waals surface area contributed by atoms with Gasteiger partial charge >= 0.3 is 0 Å². The highest BCUT2D eigenvalue weighted by molar-refractivity contribution is 5.56. The van der Waals surface area contributed by atoms with E-state index in [4.69, 9.17) is 5.73 Å². The fourth-order valence-corrected chi connectivity index (χ4v) is 2.18. The molecule has 2 atom stereocenters. The summed E-state index contributed by atoms with van der Waals surface area (Å²) in [6.45, 7) is 7.37. The van der Waals surface area contributed by atoms with Gasteiger partial charge in [-0.25, -0.2) is 9.97 Å². The Bertz CT molecular complexity index is 421. The van der Waals surface area contributed by atoms with Crippen LogP contribution in [0, 0.1) is 19.8 Å². The molecule has 0 radical (unpaired) electrons. The molecule has 0 spiro atoms. The Morgan fingerprint density at radius 3 is 2.71 bits per heavy atom. The van der Waals surface area contributed by atoms with Gasteiger partial charge in [-0.2, -0.15) is 0 Å². The second kappa shape index (κ2) is 4.49. The lowest BCUT2D eigenvalue weighted by molar-refractivity contribution is 0.102.